The molecule has 0 aliphatic carbocycles. The van der Waals surface area contributed by atoms with Gasteiger partial charge in [0.05, 0.1) is 12.8 Å². The summed E-state index contributed by atoms with van der Waals surface area (Å²) >= 11 is 3.42. The van der Waals surface area contributed by atoms with Crippen LogP contribution in [-0.4, -0.2) is 32.1 Å². The number of benzene rings is 2. The van der Waals surface area contributed by atoms with Crippen molar-refractivity contribution in [2.75, 3.05) is 20.0 Å². The molecular weight excluding hydrogens is 404 g/mol. The molecule has 136 valence electrons. The molecule has 1 heterocycles. The van der Waals surface area contributed by atoms with Crippen molar-refractivity contribution in [2.24, 2.45) is 5.10 Å². The van der Waals surface area contributed by atoms with E-state index in [2.05, 4.69) is 26.5 Å². The Balaban J connectivity index is 1.54. The molecule has 0 radical (unpaired) electrons. The second-order valence-electron chi connectivity index (χ2n) is 5.19. The first-order valence-corrected chi connectivity index (χ1v) is 8.72. The van der Waals surface area contributed by atoms with Gasteiger partial charge >= 0.3 is 0 Å². The van der Waals surface area contributed by atoms with Crippen molar-refractivity contribution < 1.29 is 23.7 Å². The molecule has 1 aliphatic heterocycles. The molecule has 1 amide bonds. The van der Waals surface area contributed by atoms with Gasteiger partial charge in [-0.2, -0.15) is 5.10 Å². The summed E-state index contributed by atoms with van der Waals surface area (Å²) < 4.78 is 22.3. The highest BCUT2D eigenvalue weighted by Gasteiger charge is 2.15. The Morgan fingerprint density at radius 2 is 1.92 bits per heavy atom. The van der Waals surface area contributed by atoms with Gasteiger partial charge in [0.25, 0.3) is 5.91 Å². The maximum absolute atomic E-state index is 11.9. The average molecular weight is 421 g/mol. The molecule has 3 rings (SSSR count). The molecule has 0 fully saturated rings. The normalized spacial score (nSPS) is 12.2. The van der Waals surface area contributed by atoms with Gasteiger partial charge in [0.1, 0.15) is 0 Å². The molecule has 1 N–H and O–H groups in total. The lowest BCUT2D eigenvalue weighted by Crippen LogP contribution is -2.24. The Hall–Kier alpha value is -2.74. The second kappa shape index (κ2) is 8.57. The first-order valence-electron chi connectivity index (χ1n) is 7.93. The number of hydrogen-bond donors (Lipinski definition) is 1. The number of fused-ring (bicyclic) bond motifs is 1. The van der Waals surface area contributed by atoms with Crippen LogP contribution in [0.2, 0.25) is 0 Å². The van der Waals surface area contributed by atoms with Gasteiger partial charge in [-0.05, 0) is 47.1 Å². The van der Waals surface area contributed by atoms with Gasteiger partial charge in [-0.15, -0.1) is 0 Å². The van der Waals surface area contributed by atoms with Crippen molar-refractivity contribution in [3.05, 3.63) is 46.4 Å². The molecule has 0 unspecified atom stereocenters. The van der Waals surface area contributed by atoms with Gasteiger partial charge in [-0.1, -0.05) is 12.1 Å². The summed E-state index contributed by atoms with van der Waals surface area (Å²) in [6.45, 7) is 2.41. The van der Waals surface area contributed by atoms with E-state index in [0.717, 1.165) is 10.0 Å². The number of carbonyl (C=O) groups excluding carboxylic acids is 1. The SMILES string of the molecule is CCOc1ccccc1OCC(=O)NN=Cc1cc2c(cc1Br)OCO2. The van der Waals surface area contributed by atoms with E-state index in [1.165, 1.54) is 6.21 Å². The third-order valence-electron chi connectivity index (χ3n) is 3.39. The lowest BCUT2D eigenvalue weighted by Gasteiger charge is -2.10. The van der Waals surface area contributed by atoms with E-state index in [0.29, 0.717) is 29.6 Å². The van der Waals surface area contributed by atoms with E-state index >= 15 is 0 Å². The van der Waals surface area contributed by atoms with Gasteiger partial charge in [-0.25, -0.2) is 5.43 Å². The molecule has 0 saturated heterocycles. The number of nitrogens with zero attached hydrogens (tertiary/aromatic N) is 1. The number of ether oxygens (including phenoxy) is 4. The monoisotopic (exact) mass is 420 g/mol. The Labute approximate surface area is 159 Å². The summed E-state index contributed by atoms with van der Waals surface area (Å²) in [7, 11) is 0. The van der Waals surface area contributed by atoms with Crippen LogP contribution in [0.3, 0.4) is 0 Å². The molecule has 1 aliphatic rings. The first-order chi connectivity index (χ1) is 12.7. The predicted octanol–water partition coefficient (Wildman–Crippen LogP) is 3.11. The molecule has 0 aromatic heterocycles. The van der Waals surface area contributed by atoms with Crippen molar-refractivity contribution in [3.8, 4) is 23.0 Å². The minimum Gasteiger partial charge on any atom is -0.490 e. The fourth-order valence-electron chi connectivity index (χ4n) is 2.23. The smallest absolute Gasteiger partial charge is 0.277 e. The van der Waals surface area contributed by atoms with Crippen molar-refractivity contribution in [1.82, 2.24) is 5.43 Å². The highest BCUT2D eigenvalue weighted by molar-refractivity contribution is 9.10. The number of hydrogen-bond acceptors (Lipinski definition) is 6. The largest absolute Gasteiger partial charge is 0.490 e. The molecular formula is C18H17BrN2O5. The number of hydrazone groups is 1. The van der Waals surface area contributed by atoms with Crippen LogP contribution in [0, 0.1) is 0 Å². The zero-order valence-electron chi connectivity index (χ0n) is 14.0. The molecule has 2 aromatic carbocycles. The Kier molecular flexibility index (Phi) is 5.96. The van der Waals surface area contributed by atoms with Crippen LogP contribution in [0.5, 0.6) is 23.0 Å². The van der Waals surface area contributed by atoms with E-state index < -0.39 is 0 Å². The van der Waals surface area contributed by atoms with E-state index in [1.807, 2.05) is 19.1 Å². The number of para-hydroxylation sites is 2. The van der Waals surface area contributed by atoms with Crippen LogP contribution < -0.4 is 24.4 Å². The molecule has 2 aromatic rings. The summed E-state index contributed by atoms with van der Waals surface area (Å²) in [6, 6.07) is 10.7. The first kappa shape index (κ1) is 18.1. The molecule has 7 nitrogen and oxygen atoms in total. The van der Waals surface area contributed by atoms with Gasteiger partial charge < -0.3 is 18.9 Å². The number of rotatable bonds is 7. The highest BCUT2D eigenvalue weighted by atomic mass is 79.9. The third-order valence-corrected chi connectivity index (χ3v) is 4.08. The second-order valence-corrected chi connectivity index (χ2v) is 6.04. The molecule has 0 bridgehead atoms. The van der Waals surface area contributed by atoms with Crippen molar-refractivity contribution in [3.63, 3.8) is 0 Å². The molecule has 0 atom stereocenters. The minimum atomic E-state index is -0.385. The summed E-state index contributed by atoms with van der Waals surface area (Å²) in [6.07, 6.45) is 1.51. The van der Waals surface area contributed by atoms with Crippen molar-refractivity contribution in [1.29, 1.82) is 0 Å². The van der Waals surface area contributed by atoms with Gasteiger partial charge in [-0.3, -0.25) is 4.79 Å². The number of halogens is 1. The van der Waals surface area contributed by atoms with E-state index in [-0.39, 0.29) is 19.3 Å². The van der Waals surface area contributed by atoms with Crippen LogP contribution >= 0.6 is 15.9 Å². The maximum Gasteiger partial charge on any atom is 0.277 e. The van der Waals surface area contributed by atoms with Crippen LogP contribution in [0.1, 0.15) is 12.5 Å². The number of carbonyl (C=O) groups is 1. The lowest BCUT2D eigenvalue weighted by atomic mass is 10.2. The lowest BCUT2D eigenvalue weighted by molar-refractivity contribution is -0.123. The van der Waals surface area contributed by atoms with E-state index in [9.17, 15) is 4.79 Å². The molecule has 8 heteroatoms. The third kappa shape index (κ3) is 4.45. The van der Waals surface area contributed by atoms with Crippen LogP contribution in [0.15, 0.2) is 46.0 Å². The number of amides is 1. The van der Waals surface area contributed by atoms with Gasteiger partial charge in [0.15, 0.2) is 29.6 Å². The van der Waals surface area contributed by atoms with Crippen LogP contribution in [-0.2, 0) is 4.79 Å². The Morgan fingerprint density at radius 3 is 2.65 bits per heavy atom. The van der Waals surface area contributed by atoms with Crippen LogP contribution in [0.4, 0.5) is 0 Å². The fraction of sp³-hybridized carbons (Fsp3) is 0.222. The molecule has 26 heavy (non-hydrogen) atoms. The maximum atomic E-state index is 11.9. The topological polar surface area (TPSA) is 78.4 Å². The summed E-state index contributed by atoms with van der Waals surface area (Å²) in [4.78, 5) is 11.9. The fourth-order valence-corrected chi connectivity index (χ4v) is 2.65. The number of nitrogens with one attached hydrogen (secondary N) is 1. The minimum absolute atomic E-state index is 0.177. The standard InChI is InChI=1S/C18H17BrN2O5/c1-2-23-14-5-3-4-6-15(14)24-10-18(22)21-20-9-12-7-16-17(8-13(12)19)26-11-25-16/h3-9H,2,10-11H2,1H3,(H,21,22). The van der Waals surface area contributed by atoms with Crippen LogP contribution in [0.25, 0.3) is 0 Å². The van der Waals surface area contributed by atoms with E-state index in [1.54, 1.807) is 24.3 Å². The molecule has 0 saturated carbocycles. The zero-order chi connectivity index (χ0) is 18.4. The van der Waals surface area contributed by atoms with E-state index in [4.69, 9.17) is 18.9 Å². The van der Waals surface area contributed by atoms with Gasteiger partial charge in [0.2, 0.25) is 6.79 Å². The predicted molar refractivity (Wildman–Crippen MR) is 99.1 cm³/mol. The quantitative estimate of drug-likeness (QED) is 0.549. The summed E-state index contributed by atoms with van der Waals surface area (Å²) in [5.41, 5.74) is 3.17. The summed E-state index contributed by atoms with van der Waals surface area (Å²) in [5, 5.41) is 3.94. The molecule has 0 spiro atoms. The van der Waals surface area contributed by atoms with Crippen molar-refractivity contribution in [2.45, 2.75) is 6.92 Å². The van der Waals surface area contributed by atoms with Gasteiger partial charge in [0, 0.05) is 10.0 Å². The average Bonchev–Trinajstić information content (AvgIpc) is 3.08. The zero-order valence-corrected chi connectivity index (χ0v) is 15.6. The summed E-state index contributed by atoms with van der Waals surface area (Å²) in [5.74, 6) is 2.02. The Bertz CT molecular complexity index is 825. The van der Waals surface area contributed by atoms with Crippen molar-refractivity contribution >= 4 is 28.1 Å². The Morgan fingerprint density at radius 1 is 1.23 bits per heavy atom. The highest BCUT2D eigenvalue weighted by Crippen LogP contribution is 2.36.